The topological polar surface area (TPSA) is 86.7 Å². The molecule has 8 nitrogen and oxygen atoms in total. The largest absolute Gasteiger partial charge is 0.347 e. The smallest absolute Gasteiger partial charge is 0.274 e. The van der Waals surface area contributed by atoms with Crippen LogP contribution in [-0.4, -0.2) is 82.2 Å². The van der Waals surface area contributed by atoms with Gasteiger partial charge in [-0.1, -0.05) is 0 Å². The van der Waals surface area contributed by atoms with Crippen LogP contribution in [0.4, 0.5) is 0 Å². The van der Waals surface area contributed by atoms with Gasteiger partial charge in [0.15, 0.2) is 0 Å². The van der Waals surface area contributed by atoms with Gasteiger partial charge >= 0.3 is 0 Å². The van der Waals surface area contributed by atoms with Crippen molar-refractivity contribution in [2.45, 2.75) is 19.9 Å². The molecule has 1 fully saturated rings. The predicted molar refractivity (Wildman–Crippen MR) is 82.5 cm³/mol. The molecule has 1 atom stereocenters. The molecule has 0 bridgehead atoms. The van der Waals surface area contributed by atoms with E-state index in [1.165, 1.54) is 29.1 Å². The van der Waals surface area contributed by atoms with Crippen molar-refractivity contribution in [2.24, 2.45) is 0 Å². The molecular weight excluding hydrogens is 298 g/mol. The highest BCUT2D eigenvalue weighted by atomic mass is 16.2. The van der Waals surface area contributed by atoms with E-state index in [1.54, 1.807) is 25.9 Å². The van der Waals surface area contributed by atoms with Crippen LogP contribution in [0, 0.1) is 6.92 Å². The van der Waals surface area contributed by atoms with E-state index in [0.29, 0.717) is 13.1 Å². The van der Waals surface area contributed by atoms with Gasteiger partial charge in [0.25, 0.3) is 5.91 Å². The van der Waals surface area contributed by atoms with Crippen LogP contribution in [0.3, 0.4) is 0 Å². The summed E-state index contributed by atoms with van der Waals surface area (Å²) in [6.07, 6.45) is 2.96. The maximum absolute atomic E-state index is 12.5. The first-order valence-corrected chi connectivity index (χ1v) is 7.37. The fourth-order valence-corrected chi connectivity index (χ4v) is 2.52. The lowest BCUT2D eigenvalue weighted by atomic mass is 10.1. The Morgan fingerprint density at radius 3 is 2.39 bits per heavy atom. The SMILES string of the molecule is CC(=O)N1CCN(C(=O)c2cnc(C)cn2)CC1C(=O)N(C)C. The van der Waals surface area contributed by atoms with Crippen molar-refractivity contribution in [3.05, 3.63) is 23.8 Å². The number of rotatable bonds is 2. The molecule has 3 amide bonds. The van der Waals surface area contributed by atoms with Crippen LogP contribution in [0.5, 0.6) is 0 Å². The second-order valence-corrected chi connectivity index (χ2v) is 5.76. The van der Waals surface area contributed by atoms with Crippen molar-refractivity contribution in [1.82, 2.24) is 24.7 Å². The van der Waals surface area contributed by atoms with Gasteiger partial charge in [0.05, 0.1) is 18.4 Å². The minimum absolute atomic E-state index is 0.158. The molecular formula is C15H21N5O3. The molecule has 0 radical (unpaired) electrons. The van der Waals surface area contributed by atoms with Gasteiger partial charge in [-0.15, -0.1) is 0 Å². The summed E-state index contributed by atoms with van der Waals surface area (Å²) in [6.45, 7) is 4.07. The number of carbonyl (C=O) groups excluding carboxylic acids is 3. The zero-order valence-corrected chi connectivity index (χ0v) is 13.8. The first kappa shape index (κ1) is 16.9. The number of carbonyl (C=O) groups is 3. The van der Waals surface area contributed by atoms with Crippen LogP contribution in [0.25, 0.3) is 0 Å². The van der Waals surface area contributed by atoms with Crippen molar-refractivity contribution < 1.29 is 14.4 Å². The van der Waals surface area contributed by atoms with Gasteiger partial charge in [-0.05, 0) is 6.92 Å². The Morgan fingerprint density at radius 2 is 1.87 bits per heavy atom. The average Bonchev–Trinajstić information content (AvgIpc) is 2.53. The first-order chi connectivity index (χ1) is 10.8. The molecule has 0 aliphatic carbocycles. The van der Waals surface area contributed by atoms with Crippen LogP contribution in [0.2, 0.25) is 0 Å². The highest BCUT2D eigenvalue weighted by molar-refractivity contribution is 5.93. The van der Waals surface area contributed by atoms with E-state index in [2.05, 4.69) is 9.97 Å². The number of aryl methyl sites for hydroxylation is 1. The molecule has 124 valence electrons. The van der Waals surface area contributed by atoms with E-state index in [9.17, 15) is 14.4 Å². The Hall–Kier alpha value is -2.51. The number of piperazine rings is 1. The van der Waals surface area contributed by atoms with Crippen molar-refractivity contribution in [2.75, 3.05) is 33.7 Å². The zero-order valence-electron chi connectivity index (χ0n) is 13.8. The fourth-order valence-electron chi connectivity index (χ4n) is 2.52. The summed E-state index contributed by atoms with van der Waals surface area (Å²) in [7, 11) is 3.26. The van der Waals surface area contributed by atoms with E-state index < -0.39 is 6.04 Å². The van der Waals surface area contributed by atoms with Gasteiger partial charge in [-0.25, -0.2) is 4.98 Å². The van der Waals surface area contributed by atoms with Crippen molar-refractivity contribution >= 4 is 17.7 Å². The Balaban J connectivity index is 2.19. The highest BCUT2D eigenvalue weighted by Gasteiger charge is 2.36. The van der Waals surface area contributed by atoms with E-state index >= 15 is 0 Å². The van der Waals surface area contributed by atoms with Crippen LogP contribution in [0.15, 0.2) is 12.4 Å². The standard InChI is InChI=1S/C15H21N5O3/c1-10-7-17-12(8-16-10)14(22)19-5-6-20(11(2)21)13(9-19)15(23)18(3)4/h7-8,13H,5-6,9H2,1-4H3. The number of nitrogens with zero attached hydrogens (tertiary/aromatic N) is 5. The van der Waals surface area contributed by atoms with Gasteiger partial charge in [0.2, 0.25) is 11.8 Å². The van der Waals surface area contributed by atoms with E-state index in [-0.39, 0.29) is 30.0 Å². The summed E-state index contributed by atoms with van der Waals surface area (Å²) in [5, 5.41) is 0. The molecule has 2 heterocycles. The average molecular weight is 319 g/mol. The number of likely N-dealkylation sites (N-methyl/N-ethyl adjacent to an activating group) is 1. The van der Waals surface area contributed by atoms with Crippen molar-refractivity contribution in [3.63, 3.8) is 0 Å². The minimum Gasteiger partial charge on any atom is -0.347 e. The van der Waals surface area contributed by atoms with E-state index in [0.717, 1.165) is 5.69 Å². The second kappa shape index (κ2) is 6.72. The third-order valence-electron chi connectivity index (χ3n) is 3.80. The molecule has 0 spiro atoms. The molecule has 1 aliphatic rings. The van der Waals surface area contributed by atoms with Crippen LogP contribution in [-0.2, 0) is 9.59 Å². The quantitative estimate of drug-likeness (QED) is 0.736. The lowest BCUT2D eigenvalue weighted by Gasteiger charge is -2.40. The summed E-state index contributed by atoms with van der Waals surface area (Å²) in [5.74, 6) is -0.655. The van der Waals surface area contributed by atoms with Gasteiger partial charge < -0.3 is 14.7 Å². The zero-order chi connectivity index (χ0) is 17.1. The van der Waals surface area contributed by atoms with Crippen molar-refractivity contribution in [1.29, 1.82) is 0 Å². The summed E-state index contributed by atoms with van der Waals surface area (Å²) < 4.78 is 0. The molecule has 1 unspecified atom stereocenters. The second-order valence-electron chi connectivity index (χ2n) is 5.76. The number of hydrogen-bond donors (Lipinski definition) is 0. The maximum Gasteiger partial charge on any atom is 0.274 e. The van der Waals surface area contributed by atoms with Gasteiger partial charge in [0.1, 0.15) is 11.7 Å². The number of hydrogen-bond acceptors (Lipinski definition) is 5. The molecule has 23 heavy (non-hydrogen) atoms. The lowest BCUT2D eigenvalue weighted by Crippen LogP contribution is -2.61. The fraction of sp³-hybridized carbons (Fsp3) is 0.533. The molecule has 1 aromatic heterocycles. The third kappa shape index (κ3) is 3.64. The predicted octanol–water partition coefficient (Wildman–Crippen LogP) is -0.454. The van der Waals surface area contributed by atoms with E-state index in [1.807, 2.05) is 0 Å². The molecule has 2 rings (SSSR count). The monoisotopic (exact) mass is 319 g/mol. The van der Waals surface area contributed by atoms with E-state index in [4.69, 9.17) is 0 Å². The van der Waals surface area contributed by atoms with Gasteiger partial charge in [-0.3, -0.25) is 19.4 Å². The highest BCUT2D eigenvalue weighted by Crippen LogP contribution is 2.14. The van der Waals surface area contributed by atoms with Crippen molar-refractivity contribution in [3.8, 4) is 0 Å². The van der Waals surface area contributed by atoms with Crippen LogP contribution in [0.1, 0.15) is 23.1 Å². The van der Waals surface area contributed by atoms with Crippen LogP contribution < -0.4 is 0 Å². The summed E-state index contributed by atoms with van der Waals surface area (Å²) in [4.78, 5) is 49.2. The maximum atomic E-state index is 12.5. The number of amides is 3. The Morgan fingerprint density at radius 1 is 1.17 bits per heavy atom. The molecule has 0 N–H and O–H groups in total. The molecule has 1 aliphatic heterocycles. The summed E-state index contributed by atoms with van der Waals surface area (Å²) >= 11 is 0. The lowest BCUT2D eigenvalue weighted by molar-refractivity contribution is -0.146. The van der Waals surface area contributed by atoms with Gasteiger partial charge in [0, 0.05) is 40.3 Å². The third-order valence-corrected chi connectivity index (χ3v) is 3.80. The van der Waals surface area contributed by atoms with Gasteiger partial charge in [-0.2, -0.15) is 0 Å². The van der Waals surface area contributed by atoms with Crippen LogP contribution >= 0.6 is 0 Å². The Bertz CT molecular complexity index is 614. The molecule has 0 saturated carbocycles. The molecule has 1 saturated heterocycles. The Kier molecular flexibility index (Phi) is 4.92. The molecule has 1 aromatic rings. The number of aromatic nitrogens is 2. The minimum atomic E-state index is -0.668. The normalized spacial score (nSPS) is 17.8. The summed E-state index contributed by atoms with van der Waals surface area (Å²) in [5.41, 5.74) is 0.964. The molecule has 0 aromatic carbocycles. The Labute approximate surface area is 135 Å². The molecule has 8 heteroatoms. The first-order valence-electron chi connectivity index (χ1n) is 7.37. The summed E-state index contributed by atoms with van der Waals surface area (Å²) in [6, 6.07) is -0.668.